The third-order valence-corrected chi connectivity index (χ3v) is 4.33. The van der Waals surface area contributed by atoms with Crippen LogP contribution in [0.5, 0.6) is 0 Å². The van der Waals surface area contributed by atoms with Crippen molar-refractivity contribution in [2.75, 3.05) is 13.1 Å². The lowest BCUT2D eigenvalue weighted by Crippen LogP contribution is -2.51. The number of hydrogen-bond acceptors (Lipinski definition) is 3. The predicted molar refractivity (Wildman–Crippen MR) is 99.3 cm³/mol. The molecule has 25 heavy (non-hydrogen) atoms. The molecule has 3 rings (SSSR count). The Labute approximate surface area is 149 Å². The van der Waals surface area contributed by atoms with E-state index in [1.54, 1.807) is 0 Å². The van der Waals surface area contributed by atoms with Gasteiger partial charge in [-0.3, -0.25) is 4.90 Å². The summed E-state index contributed by atoms with van der Waals surface area (Å²) in [4.78, 5) is 14.7. The Bertz CT molecular complexity index is 695. The van der Waals surface area contributed by atoms with Crippen LogP contribution in [0.25, 0.3) is 0 Å². The molecule has 1 N–H and O–H groups in total. The molecule has 0 bridgehead atoms. The van der Waals surface area contributed by atoms with Crippen LogP contribution in [0, 0.1) is 0 Å². The van der Waals surface area contributed by atoms with Gasteiger partial charge < -0.3 is 10.1 Å². The lowest BCUT2D eigenvalue weighted by molar-refractivity contribution is 0.00696. The third-order valence-electron chi connectivity index (χ3n) is 4.33. The molecule has 2 aromatic rings. The first-order valence-corrected chi connectivity index (χ1v) is 8.77. The van der Waals surface area contributed by atoms with Gasteiger partial charge in [-0.15, -0.1) is 0 Å². The monoisotopic (exact) mass is 338 g/mol. The van der Waals surface area contributed by atoms with Crippen molar-refractivity contribution in [1.29, 1.82) is 0 Å². The molecule has 4 heteroatoms. The van der Waals surface area contributed by atoms with Crippen LogP contribution in [0.1, 0.15) is 44.0 Å². The normalized spacial score (nSPS) is 21.0. The minimum atomic E-state index is -0.508. The Balaban J connectivity index is 1.85. The van der Waals surface area contributed by atoms with Gasteiger partial charge in [0.25, 0.3) is 0 Å². The Morgan fingerprint density at radius 2 is 1.56 bits per heavy atom. The molecule has 2 aromatic carbocycles. The summed E-state index contributed by atoms with van der Waals surface area (Å²) in [7, 11) is 0. The minimum absolute atomic E-state index is 0.0315. The number of hydrogen-bond donors (Lipinski definition) is 1. The second-order valence-electron chi connectivity index (χ2n) is 7.43. The average Bonchev–Trinajstić information content (AvgIpc) is 2.61. The number of piperazine rings is 1. The molecular weight excluding hydrogens is 312 g/mol. The van der Waals surface area contributed by atoms with Crippen molar-refractivity contribution in [1.82, 2.24) is 10.2 Å². The molecule has 0 aromatic heterocycles. The first-order valence-electron chi connectivity index (χ1n) is 8.77. The zero-order chi connectivity index (χ0) is 17.9. The number of rotatable bonds is 2. The Morgan fingerprint density at radius 3 is 2.12 bits per heavy atom. The van der Waals surface area contributed by atoms with Crippen LogP contribution >= 0.6 is 0 Å². The SMILES string of the molecule is CC(C)(C)OC(=O)N1C[C@H](c2ccccc2)NC[C@@H]1c1ccccc1. The van der Waals surface area contributed by atoms with Gasteiger partial charge in [-0.05, 0) is 31.9 Å². The van der Waals surface area contributed by atoms with Gasteiger partial charge in [-0.25, -0.2) is 4.79 Å². The van der Waals surface area contributed by atoms with Gasteiger partial charge in [0, 0.05) is 13.1 Å². The highest BCUT2D eigenvalue weighted by atomic mass is 16.6. The highest BCUT2D eigenvalue weighted by molar-refractivity contribution is 5.69. The zero-order valence-electron chi connectivity index (χ0n) is 15.1. The van der Waals surface area contributed by atoms with E-state index < -0.39 is 5.60 Å². The molecule has 132 valence electrons. The standard InChI is InChI=1S/C21H26N2O2/c1-21(2,3)25-20(24)23-15-18(16-10-6-4-7-11-16)22-14-19(23)17-12-8-5-9-13-17/h4-13,18-19,22H,14-15H2,1-3H3/t18-,19-/m1/s1. The molecule has 1 aliphatic rings. The van der Waals surface area contributed by atoms with E-state index in [0.717, 1.165) is 5.56 Å². The summed E-state index contributed by atoms with van der Waals surface area (Å²) < 4.78 is 5.67. The van der Waals surface area contributed by atoms with Gasteiger partial charge in [0.15, 0.2) is 0 Å². The number of ether oxygens (including phenoxy) is 1. The molecule has 2 atom stereocenters. The summed E-state index contributed by atoms with van der Waals surface area (Å²) in [6, 6.07) is 20.4. The van der Waals surface area contributed by atoms with Gasteiger partial charge >= 0.3 is 6.09 Å². The first kappa shape index (κ1) is 17.5. The maximum atomic E-state index is 12.9. The van der Waals surface area contributed by atoms with Gasteiger partial charge in [-0.2, -0.15) is 0 Å². The summed E-state index contributed by atoms with van der Waals surface area (Å²) in [5.41, 5.74) is 1.79. The predicted octanol–water partition coefficient (Wildman–Crippen LogP) is 4.31. The second-order valence-corrected chi connectivity index (χ2v) is 7.43. The van der Waals surface area contributed by atoms with Gasteiger partial charge in [0.1, 0.15) is 5.60 Å². The molecule has 0 saturated carbocycles. The highest BCUT2D eigenvalue weighted by Gasteiger charge is 2.35. The summed E-state index contributed by atoms with van der Waals surface area (Å²) in [5, 5.41) is 3.58. The number of benzene rings is 2. The Kier molecular flexibility index (Phi) is 5.09. The van der Waals surface area contributed by atoms with Crippen molar-refractivity contribution in [3.05, 3.63) is 71.8 Å². The maximum Gasteiger partial charge on any atom is 0.410 e. The smallest absolute Gasteiger partial charge is 0.410 e. The first-order chi connectivity index (χ1) is 11.9. The summed E-state index contributed by atoms with van der Waals surface area (Å²) in [6.07, 6.45) is -0.260. The van der Waals surface area contributed by atoms with Crippen LogP contribution in [0.2, 0.25) is 0 Å². The third kappa shape index (κ3) is 4.40. The van der Waals surface area contributed by atoms with Crippen LogP contribution in [-0.2, 0) is 4.74 Å². The minimum Gasteiger partial charge on any atom is -0.444 e. The molecule has 1 heterocycles. The topological polar surface area (TPSA) is 41.6 Å². The van der Waals surface area contributed by atoms with Crippen molar-refractivity contribution in [2.45, 2.75) is 38.5 Å². The molecule has 1 amide bonds. The van der Waals surface area contributed by atoms with Crippen LogP contribution in [0.3, 0.4) is 0 Å². The van der Waals surface area contributed by atoms with E-state index in [1.807, 2.05) is 62.1 Å². The van der Waals surface area contributed by atoms with Gasteiger partial charge in [-0.1, -0.05) is 60.7 Å². The number of nitrogens with zero attached hydrogens (tertiary/aromatic N) is 1. The lowest BCUT2D eigenvalue weighted by atomic mass is 9.98. The fourth-order valence-electron chi connectivity index (χ4n) is 3.16. The van der Waals surface area contributed by atoms with Crippen molar-refractivity contribution in [3.63, 3.8) is 0 Å². The average molecular weight is 338 g/mol. The molecule has 0 radical (unpaired) electrons. The summed E-state index contributed by atoms with van der Waals surface area (Å²) in [6.45, 7) is 6.99. The molecule has 0 spiro atoms. The largest absolute Gasteiger partial charge is 0.444 e. The molecule has 4 nitrogen and oxygen atoms in total. The van der Waals surface area contributed by atoms with E-state index in [1.165, 1.54) is 5.56 Å². The highest BCUT2D eigenvalue weighted by Crippen LogP contribution is 2.30. The number of carbonyl (C=O) groups excluding carboxylic acids is 1. The van der Waals surface area contributed by atoms with Crippen LogP contribution in [0.15, 0.2) is 60.7 Å². The molecule has 1 fully saturated rings. The quantitative estimate of drug-likeness (QED) is 0.887. The van der Waals surface area contributed by atoms with E-state index >= 15 is 0 Å². The van der Waals surface area contributed by atoms with E-state index in [-0.39, 0.29) is 18.2 Å². The number of carbonyl (C=O) groups is 1. The van der Waals surface area contributed by atoms with Crippen molar-refractivity contribution < 1.29 is 9.53 Å². The fraction of sp³-hybridized carbons (Fsp3) is 0.381. The molecule has 1 saturated heterocycles. The van der Waals surface area contributed by atoms with Crippen molar-refractivity contribution in [2.24, 2.45) is 0 Å². The van der Waals surface area contributed by atoms with Crippen LogP contribution in [-0.4, -0.2) is 29.7 Å². The lowest BCUT2D eigenvalue weighted by Gasteiger charge is -2.41. The molecule has 0 aliphatic carbocycles. The van der Waals surface area contributed by atoms with Crippen molar-refractivity contribution >= 4 is 6.09 Å². The fourth-order valence-corrected chi connectivity index (χ4v) is 3.16. The van der Waals surface area contributed by atoms with E-state index in [2.05, 4.69) is 29.6 Å². The van der Waals surface area contributed by atoms with E-state index in [4.69, 9.17) is 4.74 Å². The summed E-state index contributed by atoms with van der Waals surface area (Å²) >= 11 is 0. The maximum absolute atomic E-state index is 12.9. The second kappa shape index (κ2) is 7.28. The van der Waals surface area contributed by atoms with E-state index in [9.17, 15) is 4.79 Å². The van der Waals surface area contributed by atoms with E-state index in [0.29, 0.717) is 13.1 Å². The summed E-state index contributed by atoms with van der Waals surface area (Å²) in [5.74, 6) is 0. The molecule has 1 aliphatic heterocycles. The van der Waals surface area contributed by atoms with Gasteiger partial charge in [0.2, 0.25) is 0 Å². The Hall–Kier alpha value is -2.33. The van der Waals surface area contributed by atoms with Gasteiger partial charge in [0.05, 0.1) is 12.1 Å². The molecule has 0 unspecified atom stereocenters. The molecular formula is C21H26N2O2. The van der Waals surface area contributed by atoms with Crippen molar-refractivity contribution in [3.8, 4) is 0 Å². The Morgan fingerprint density at radius 1 is 1.00 bits per heavy atom. The zero-order valence-corrected chi connectivity index (χ0v) is 15.1. The number of nitrogens with one attached hydrogen (secondary N) is 1. The number of amides is 1. The van der Waals surface area contributed by atoms with Crippen LogP contribution in [0.4, 0.5) is 4.79 Å². The van der Waals surface area contributed by atoms with Crippen LogP contribution < -0.4 is 5.32 Å².